The second kappa shape index (κ2) is 7.59. The minimum atomic E-state index is 0.689. The molecule has 0 aromatic heterocycles. The van der Waals surface area contributed by atoms with Crippen LogP contribution in [0.5, 0.6) is 5.75 Å². The molecule has 0 fully saturated rings. The Kier molecular flexibility index (Phi) is 5.44. The summed E-state index contributed by atoms with van der Waals surface area (Å²) >= 11 is 4.14. The van der Waals surface area contributed by atoms with Crippen molar-refractivity contribution < 1.29 is 4.74 Å². The first-order valence-electron chi connectivity index (χ1n) is 6.19. The SMILES string of the molecule is SCCCOc1ccc(N=Nc2ccccc2)cc1. The third-order valence-electron chi connectivity index (χ3n) is 2.45. The Hall–Kier alpha value is -1.81. The van der Waals surface area contributed by atoms with Crippen molar-refractivity contribution in [3.05, 3.63) is 54.6 Å². The van der Waals surface area contributed by atoms with Crippen LogP contribution in [0.2, 0.25) is 0 Å². The lowest BCUT2D eigenvalue weighted by Gasteiger charge is -2.04. The fourth-order valence-corrected chi connectivity index (χ4v) is 1.60. The van der Waals surface area contributed by atoms with Crippen LogP contribution in [0.4, 0.5) is 11.4 Å². The van der Waals surface area contributed by atoms with Gasteiger partial charge in [-0.05, 0) is 48.6 Å². The molecule has 0 aliphatic carbocycles. The van der Waals surface area contributed by atoms with E-state index in [1.807, 2.05) is 54.6 Å². The summed E-state index contributed by atoms with van der Waals surface area (Å²) in [5.41, 5.74) is 1.65. The number of rotatable bonds is 6. The normalized spacial score (nSPS) is 10.8. The highest BCUT2D eigenvalue weighted by Crippen LogP contribution is 2.21. The van der Waals surface area contributed by atoms with E-state index >= 15 is 0 Å². The highest BCUT2D eigenvalue weighted by Gasteiger charge is 1.94. The van der Waals surface area contributed by atoms with E-state index in [4.69, 9.17) is 4.74 Å². The molecule has 0 heterocycles. The molecular weight excluding hydrogens is 256 g/mol. The summed E-state index contributed by atoms with van der Waals surface area (Å²) in [4.78, 5) is 0. The van der Waals surface area contributed by atoms with Crippen molar-refractivity contribution >= 4 is 24.0 Å². The predicted octanol–water partition coefficient (Wildman–Crippen LogP) is 4.80. The van der Waals surface area contributed by atoms with Crippen molar-refractivity contribution in [2.24, 2.45) is 10.2 Å². The van der Waals surface area contributed by atoms with E-state index in [2.05, 4.69) is 22.9 Å². The van der Waals surface area contributed by atoms with Gasteiger partial charge in [-0.2, -0.15) is 22.9 Å². The molecule has 2 aromatic rings. The van der Waals surface area contributed by atoms with Gasteiger partial charge in [0.2, 0.25) is 0 Å². The van der Waals surface area contributed by atoms with E-state index in [9.17, 15) is 0 Å². The largest absolute Gasteiger partial charge is 0.494 e. The first-order chi connectivity index (χ1) is 9.38. The van der Waals surface area contributed by atoms with Gasteiger partial charge in [0.15, 0.2) is 0 Å². The fraction of sp³-hybridized carbons (Fsp3) is 0.200. The molecule has 0 amide bonds. The Morgan fingerprint density at radius 2 is 1.47 bits per heavy atom. The summed E-state index contributed by atoms with van der Waals surface area (Å²) in [7, 11) is 0. The molecule has 98 valence electrons. The Labute approximate surface area is 118 Å². The lowest BCUT2D eigenvalue weighted by Crippen LogP contribution is -1.97. The Morgan fingerprint density at radius 3 is 2.11 bits per heavy atom. The predicted molar refractivity (Wildman–Crippen MR) is 81.0 cm³/mol. The molecule has 0 N–H and O–H groups in total. The minimum absolute atomic E-state index is 0.689. The molecule has 0 aliphatic rings. The molecule has 19 heavy (non-hydrogen) atoms. The van der Waals surface area contributed by atoms with Gasteiger partial charge in [-0.15, -0.1) is 0 Å². The smallest absolute Gasteiger partial charge is 0.119 e. The zero-order valence-corrected chi connectivity index (χ0v) is 11.5. The first kappa shape index (κ1) is 13.6. The van der Waals surface area contributed by atoms with E-state index in [0.29, 0.717) is 6.61 Å². The molecule has 0 radical (unpaired) electrons. The second-order valence-electron chi connectivity index (χ2n) is 3.96. The van der Waals surface area contributed by atoms with Gasteiger partial charge < -0.3 is 4.74 Å². The van der Waals surface area contributed by atoms with Crippen LogP contribution in [-0.2, 0) is 0 Å². The number of thiol groups is 1. The molecule has 2 aromatic carbocycles. The van der Waals surface area contributed by atoms with Crippen molar-refractivity contribution in [1.29, 1.82) is 0 Å². The van der Waals surface area contributed by atoms with Crippen LogP contribution in [-0.4, -0.2) is 12.4 Å². The van der Waals surface area contributed by atoms with Crippen LogP contribution in [0, 0.1) is 0 Å². The number of hydrogen-bond acceptors (Lipinski definition) is 4. The van der Waals surface area contributed by atoms with Gasteiger partial charge in [0.1, 0.15) is 5.75 Å². The Morgan fingerprint density at radius 1 is 0.842 bits per heavy atom. The van der Waals surface area contributed by atoms with Crippen LogP contribution in [0.25, 0.3) is 0 Å². The van der Waals surface area contributed by atoms with Crippen LogP contribution in [0.3, 0.4) is 0 Å². The maximum atomic E-state index is 5.54. The van der Waals surface area contributed by atoms with E-state index in [1.54, 1.807) is 0 Å². The molecule has 0 spiro atoms. The molecule has 0 bridgehead atoms. The van der Waals surface area contributed by atoms with Gasteiger partial charge in [0.05, 0.1) is 18.0 Å². The van der Waals surface area contributed by atoms with Crippen LogP contribution < -0.4 is 4.74 Å². The highest BCUT2D eigenvalue weighted by molar-refractivity contribution is 7.80. The molecule has 0 saturated heterocycles. The van der Waals surface area contributed by atoms with Crippen molar-refractivity contribution in [1.82, 2.24) is 0 Å². The van der Waals surface area contributed by atoms with Gasteiger partial charge in [0.25, 0.3) is 0 Å². The standard InChI is InChI=1S/C15H16N2OS/c19-12-4-11-18-15-9-7-14(8-10-15)17-16-13-5-2-1-3-6-13/h1-3,5-10,19H,4,11-12H2. The summed E-state index contributed by atoms with van der Waals surface area (Å²) in [5.74, 6) is 1.68. The number of ether oxygens (including phenoxy) is 1. The molecule has 0 atom stereocenters. The zero-order chi connectivity index (χ0) is 13.3. The molecule has 0 aliphatic heterocycles. The average Bonchev–Trinajstić information content (AvgIpc) is 2.48. The van der Waals surface area contributed by atoms with Crippen molar-refractivity contribution in [2.45, 2.75) is 6.42 Å². The van der Waals surface area contributed by atoms with Crippen LogP contribution >= 0.6 is 12.6 Å². The maximum Gasteiger partial charge on any atom is 0.119 e. The molecular formula is C15H16N2OS. The molecule has 4 heteroatoms. The average molecular weight is 272 g/mol. The highest BCUT2D eigenvalue weighted by atomic mass is 32.1. The van der Waals surface area contributed by atoms with Crippen LogP contribution in [0.15, 0.2) is 64.8 Å². The lowest BCUT2D eigenvalue weighted by molar-refractivity contribution is 0.319. The monoisotopic (exact) mass is 272 g/mol. The van der Waals surface area contributed by atoms with Gasteiger partial charge in [-0.1, -0.05) is 18.2 Å². The number of benzene rings is 2. The fourth-order valence-electron chi connectivity index (χ4n) is 1.47. The zero-order valence-electron chi connectivity index (χ0n) is 10.6. The Bertz CT molecular complexity index is 511. The quantitative estimate of drug-likeness (QED) is 0.457. The summed E-state index contributed by atoms with van der Waals surface area (Å²) in [5, 5.41) is 8.33. The first-order valence-corrected chi connectivity index (χ1v) is 6.82. The van der Waals surface area contributed by atoms with Gasteiger partial charge in [0, 0.05) is 0 Å². The summed E-state index contributed by atoms with van der Waals surface area (Å²) in [6.45, 7) is 0.689. The number of azo groups is 1. The van der Waals surface area contributed by atoms with Gasteiger partial charge >= 0.3 is 0 Å². The summed E-state index contributed by atoms with van der Waals surface area (Å²) < 4.78 is 5.54. The van der Waals surface area contributed by atoms with Crippen molar-refractivity contribution in [2.75, 3.05) is 12.4 Å². The van der Waals surface area contributed by atoms with Crippen molar-refractivity contribution in [3.63, 3.8) is 0 Å². The van der Waals surface area contributed by atoms with Gasteiger partial charge in [-0.25, -0.2) is 0 Å². The summed E-state index contributed by atoms with van der Waals surface area (Å²) in [6.07, 6.45) is 0.943. The maximum absolute atomic E-state index is 5.54. The molecule has 3 nitrogen and oxygen atoms in total. The topological polar surface area (TPSA) is 34.0 Å². The minimum Gasteiger partial charge on any atom is -0.494 e. The molecule has 0 unspecified atom stereocenters. The number of nitrogens with zero attached hydrogens (tertiary/aromatic N) is 2. The van der Waals surface area contributed by atoms with Gasteiger partial charge in [-0.3, -0.25) is 0 Å². The molecule has 2 rings (SSSR count). The van der Waals surface area contributed by atoms with E-state index in [0.717, 1.165) is 29.3 Å². The third-order valence-corrected chi connectivity index (χ3v) is 2.76. The number of hydrogen-bond donors (Lipinski definition) is 1. The van der Waals surface area contributed by atoms with Crippen LogP contribution in [0.1, 0.15) is 6.42 Å². The third kappa shape index (κ3) is 4.75. The Balaban J connectivity index is 1.93. The molecule has 0 saturated carbocycles. The van der Waals surface area contributed by atoms with E-state index < -0.39 is 0 Å². The summed E-state index contributed by atoms with van der Waals surface area (Å²) in [6, 6.07) is 17.2. The second-order valence-corrected chi connectivity index (χ2v) is 4.40. The van der Waals surface area contributed by atoms with E-state index in [-0.39, 0.29) is 0 Å². The van der Waals surface area contributed by atoms with E-state index in [1.165, 1.54) is 0 Å². The van der Waals surface area contributed by atoms with Crippen molar-refractivity contribution in [3.8, 4) is 5.75 Å². The lowest BCUT2D eigenvalue weighted by atomic mass is 10.3.